The molecule has 3 nitrogen and oxygen atoms in total. The van der Waals surface area contributed by atoms with Crippen LogP contribution in [0.3, 0.4) is 0 Å². The first-order valence-corrected chi connectivity index (χ1v) is 6.41. The van der Waals surface area contributed by atoms with Gasteiger partial charge in [-0.2, -0.15) is 5.26 Å². The molecular formula is C13H10FN3S. The predicted molar refractivity (Wildman–Crippen MR) is 70.4 cm³/mol. The minimum Gasteiger partial charge on any atom is -0.353 e. The van der Waals surface area contributed by atoms with E-state index < -0.39 is 5.82 Å². The molecule has 1 aromatic heterocycles. The molecule has 1 heterocycles. The number of nitrogens with one attached hydrogen (secondary N) is 1. The van der Waals surface area contributed by atoms with E-state index in [9.17, 15) is 4.39 Å². The van der Waals surface area contributed by atoms with Gasteiger partial charge in [0, 0.05) is 11.0 Å². The van der Waals surface area contributed by atoms with Crippen molar-refractivity contribution in [1.82, 2.24) is 4.98 Å². The quantitative estimate of drug-likeness (QED) is 0.856. The highest BCUT2D eigenvalue weighted by atomic mass is 32.2. The molecule has 0 saturated carbocycles. The molecule has 0 aliphatic rings. The highest BCUT2D eigenvalue weighted by Gasteiger charge is 2.07. The first kappa shape index (κ1) is 12.4. The molecule has 0 amide bonds. The summed E-state index contributed by atoms with van der Waals surface area (Å²) in [5.41, 5.74) is 1.72. The van der Waals surface area contributed by atoms with Crippen LogP contribution in [0.15, 0.2) is 41.6 Å². The maximum atomic E-state index is 13.0. The highest BCUT2D eigenvalue weighted by Crippen LogP contribution is 2.28. The number of benzene rings is 1. The van der Waals surface area contributed by atoms with Crippen molar-refractivity contribution >= 4 is 23.1 Å². The Morgan fingerprint density at radius 3 is 2.89 bits per heavy atom. The summed E-state index contributed by atoms with van der Waals surface area (Å²) in [6, 6.07) is 8.99. The first-order chi connectivity index (χ1) is 8.74. The van der Waals surface area contributed by atoms with Crippen molar-refractivity contribution in [2.24, 2.45) is 0 Å². The molecule has 1 N–H and O–H groups in total. The van der Waals surface area contributed by atoms with Gasteiger partial charge in [-0.1, -0.05) is 6.07 Å². The molecular weight excluding hydrogens is 249 g/mol. The number of nitrogens with zero attached hydrogens (tertiary/aromatic N) is 2. The first-order valence-electron chi connectivity index (χ1n) is 5.19. The highest BCUT2D eigenvalue weighted by molar-refractivity contribution is 7.98. The Morgan fingerprint density at radius 1 is 1.39 bits per heavy atom. The lowest BCUT2D eigenvalue weighted by atomic mass is 10.2. The molecule has 1 aromatic carbocycles. The molecule has 5 heteroatoms. The second-order valence-electron chi connectivity index (χ2n) is 3.51. The van der Waals surface area contributed by atoms with Crippen LogP contribution in [0.1, 0.15) is 5.56 Å². The smallest absolute Gasteiger partial charge is 0.143 e. The minimum atomic E-state index is -0.417. The SMILES string of the molecule is CSc1cccc(Nc2cncc(F)c2)c1C#N. The van der Waals surface area contributed by atoms with Crippen LogP contribution in [0.25, 0.3) is 0 Å². The zero-order valence-corrected chi connectivity index (χ0v) is 10.5. The van der Waals surface area contributed by atoms with Crippen molar-refractivity contribution in [3.05, 3.63) is 48.0 Å². The van der Waals surface area contributed by atoms with Crippen molar-refractivity contribution in [2.75, 3.05) is 11.6 Å². The van der Waals surface area contributed by atoms with Gasteiger partial charge in [-0.05, 0) is 18.4 Å². The average molecular weight is 259 g/mol. The van der Waals surface area contributed by atoms with E-state index in [-0.39, 0.29) is 0 Å². The lowest BCUT2D eigenvalue weighted by molar-refractivity contribution is 0.622. The van der Waals surface area contributed by atoms with Gasteiger partial charge in [0.2, 0.25) is 0 Å². The zero-order valence-electron chi connectivity index (χ0n) is 9.64. The van der Waals surface area contributed by atoms with E-state index in [1.54, 1.807) is 6.07 Å². The van der Waals surface area contributed by atoms with Crippen LogP contribution in [-0.4, -0.2) is 11.2 Å². The topological polar surface area (TPSA) is 48.7 Å². The summed E-state index contributed by atoms with van der Waals surface area (Å²) >= 11 is 1.50. The second-order valence-corrected chi connectivity index (χ2v) is 4.36. The summed E-state index contributed by atoms with van der Waals surface area (Å²) in [5, 5.41) is 12.2. The molecule has 0 radical (unpaired) electrons. The third-order valence-electron chi connectivity index (χ3n) is 2.34. The molecule has 0 spiro atoms. The third-order valence-corrected chi connectivity index (χ3v) is 3.12. The monoisotopic (exact) mass is 259 g/mol. The Bertz CT molecular complexity index is 607. The van der Waals surface area contributed by atoms with Gasteiger partial charge >= 0.3 is 0 Å². The Hall–Kier alpha value is -2.06. The normalized spacial score (nSPS) is 9.83. The van der Waals surface area contributed by atoms with Crippen molar-refractivity contribution in [2.45, 2.75) is 4.90 Å². The molecule has 18 heavy (non-hydrogen) atoms. The van der Waals surface area contributed by atoms with Crippen LogP contribution < -0.4 is 5.32 Å². The molecule has 0 atom stereocenters. The number of thioether (sulfide) groups is 1. The van der Waals surface area contributed by atoms with Crippen molar-refractivity contribution in [3.63, 3.8) is 0 Å². The summed E-state index contributed by atoms with van der Waals surface area (Å²) in [6.07, 6.45) is 4.55. The summed E-state index contributed by atoms with van der Waals surface area (Å²) in [5.74, 6) is -0.417. The Kier molecular flexibility index (Phi) is 3.80. The van der Waals surface area contributed by atoms with E-state index in [0.29, 0.717) is 16.9 Å². The summed E-state index contributed by atoms with van der Waals surface area (Å²) in [4.78, 5) is 4.63. The Morgan fingerprint density at radius 2 is 2.22 bits per heavy atom. The molecule has 0 aliphatic heterocycles. The summed E-state index contributed by atoms with van der Waals surface area (Å²) < 4.78 is 13.0. The lowest BCUT2D eigenvalue weighted by Crippen LogP contribution is -1.96. The fourth-order valence-electron chi connectivity index (χ4n) is 1.56. The fourth-order valence-corrected chi connectivity index (χ4v) is 2.13. The maximum absolute atomic E-state index is 13.0. The molecule has 0 bridgehead atoms. The van der Waals surface area contributed by atoms with Gasteiger partial charge < -0.3 is 5.32 Å². The Balaban J connectivity index is 2.38. The number of aromatic nitrogens is 1. The number of pyridine rings is 1. The number of halogens is 1. The van der Waals surface area contributed by atoms with Crippen LogP contribution in [0, 0.1) is 17.1 Å². The minimum absolute atomic E-state index is 0.417. The van der Waals surface area contributed by atoms with E-state index in [1.165, 1.54) is 24.0 Å². The van der Waals surface area contributed by atoms with Crippen LogP contribution in [-0.2, 0) is 0 Å². The van der Waals surface area contributed by atoms with Crippen LogP contribution in [0.2, 0.25) is 0 Å². The Labute approximate surface area is 109 Å². The molecule has 90 valence electrons. The van der Waals surface area contributed by atoms with Gasteiger partial charge in [0.25, 0.3) is 0 Å². The van der Waals surface area contributed by atoms with Gasteiger partial charge in [0.15, 0.2) is 0 Å². The van der Waals surface area contributed by atoms with Crippen LogP contribution >= 0.6 is 11.8 Å². The zero-order chi connectivity index (χ0) is 13.0. The molecule has 2 aromatic rings. The van der Waals surface area contributed by atoms with Gasteiger partial charge in [-0.15, -0.1) is 11.8 Å². The lowest BCUT2D eigenvalue weighted by Gasteiger charge is -2.10. The molecule has 0 fully saturated rings. The summed E-state index contributed by atoms with van der Waals surface area (Å²) in [6.45, 7) is 0. The molecule has 0 unspecified atom stereocenters. The standard InChI is InChI=1S/C13H10FN3S/c1-18-13-4-2-3-12(11(13)6-15)17-10-5-9(14)7-16-8-10/h2-5,7-8,17H,1H3. The van der Waals surface area contributed by atoms with Crippen molar-refractivity contribution in [1.29, 1.82) is 5.26 Å². The largest absolute Gasteiger partial charge is 0.353 e. The fraction of sp³-hybridized carbons (Fsp3) is 0.0769. The van der Waals surface area contributed by atoms with E-state index >= 15 is 0 Å². The number of rotatable bonds is 3. The number of nitriles is 1. The van der Waals surface area contributed by atoms with E-state index in [1.807, 2.05) is 18.4 Å². The van der Waals surface area contributed by atoms with E-state index in [4.69, 9.17) is 5.26 Å². The van der Waals surface area contributed by atoms with Gasteiger partial charge in [-0.3, -0.25) is 4.98 Å². The van der Waals surface area contributed by atoms with E-state index in [2.05, 4.69) is 16.4 Å². The van der Waals surface area contributed by atoms with E-state index in [0.717, 1.165) is 11.1 Å². The summed E-state index contributed by atoms with van der Waals surface area (Å²) in [7, 11) is 0. The van der Waals surface area contributed by atoms with Crippen molar-refractivity contribution < 1.29 is 4.39 Å². The van der Waals surface area contributed by atoms with Gasteiger partial charge in [0.1, 0.15) is 11.9 Å². The number of hydrogen-bond donors (Lipinski definition) is 1. The molecule has 0 saturated heterocycles. The van der Waals surface area contributed by atoms with Crippen molar-refractivity contribution in [3.8, 4) is 6.07 Å². The van der Waals surface area contributed by atoms with Crippen LogP contribution in [0.5, 0.6) is 0 Å². The number of hydrogen-bond acceptors (Lipinski definition) is 4. The maximum Gasteiger partial charge on any atom is 0.143 e. The third kappa shape index (κ3) is 2.60. The molecule has 2 rings (SSSR count). The van der Waals surface area contributed by atoms with Gasteiger partial charge in [-0.25, -0.2) is 4.39 Å². The second kappa shape index (κ2) is 5.52. The predicted octanol–water partition coefficient (Wildman–Crippen LogP) is 3.56. The average Bonchev–Trinajstić information content (AvgIpc) is 2.38. The molecule has 0 aliphatic carbocycles. The van der Waals surface area contributed by atoms with Gasteiger partial charge in [0.05, 0.1) is 29.3 Å². The van der Waals surface area contributed by atoms with Crippen LogP contribution in [0.4, 0.5) is 15.8 Å². The number of anilines is 2.